The summed E-state index contributed by atoms with van der Waals surface area (Å²) < 4.78 is 36.0. The summed E-state index contributed by atoms with van der Waals surface area (Å²) in [5.74, 6) is -0.993. The molecule has 1 saturated heterocycles. The van der Waals surface area contributed by atoms with Crippen molar-refractivity contribution < 1.29 is 8.78 Å². The number of nitrogen functional groups attached to an aromatic ring is 2. The first-order chi connectivity index (χ1) is 29.6. The fourth-order valence-corrected chi connectivity index (χ4v) is 7.60. The predicted octanol–water partition coefficient (Wildman–Crippen LogP) is 3.25. The Morgan fingerprint density at radius 3 is 1.97 bits per heavy atom. The van der Waals surface area contributed by atoms with Crippen LogP contribution in [-0.4, -0.2) is 95.5 Å². The van der Waals surface area contributed by atoms with Gasteiger partial charge in [-0.15, -0.1) is 10.2 Å². The Labute approximate surface area is 344 Å². The lowest BCUT2D eigenvalue weighted by Gasteiger charge is -2.36. The van der Waals surface area contributed by atoms with Gasteiger partial charge in [0.15, 0.2) is 22.6 Å². The molecule has 0 amide bonds. The highest BCUT2D eigenvalue weighted by Crippen LogP contribution is 2.23. The minimum absolute atomic E-state index is 0.0599. The maximum atomic E-state index is 14.2. The fraction of sp³-hybridized carbons (Fsp3) is 0.220. The van der Waals surface area contributed by atoms with Crippen LogP contribution in [0.15, 0.2) is 101 Å². The van der Waals surface area contributed by atoms with Gasteiger partial charge in [0, 0.05) is 45.0 Å². The Kier molecular flexibility index (Phi) is 10.0. The van der Waals surface area contributed by atoms with Crippen molar-refractivity contribution in [2.24, 2.45) is 0 Å². The molecule has 10 rings (SSSR count). The van der Waals surface area contributed by atoms with Crippen molar-refractivity contribution in [2.45, 2.75) is 26.6 Å². The van der Waals surface area contributed by atoms with Crippen molar-refractivity contribution in [2.75, 3.05) is 49.1 Å². The molecule has 0 radical (unpaired) electrons. The topological polar surface area (TPSA) is 199 Å². The van der Waals surface area contributed by atoms with Gasteiger partial charge >= 0.3 is 11.4 Å². The number of piperazine rings is 1. The van der Waals surface area contributed by atoms with E-state index in [9.17, 15) is 18.4 Å². The van der Waals surface area contributed by atoms with Gasteiger partial charge in [0.25, 0.3) is 0 Å². The standard InChI is InChI=1S/C26H27F2N9O.C15H13N7O/c1-17-3-2-4-18(13-17)16-36-26(38)37-24(32-36)20-15-30-35(23(20)31-25(37)29)12-9-33-7-10-34(11-8-33)22-6-5-19(27)14-21(22)28;1-2-20-12-11(8-17-20)13-19-21(9-10-6-4-3-5-7-10)15(23)22(13)14(16)18-12/h2-6,13-15H,7-12,16H2,1H3,(H2,29,31);2-8H,1,9H2,(H2,16,18). The van der Waals surface area contributed by atoms with Crippen LogP contribution in [0.5, 0.6) is 0 Å². The number of benzene rings is 3. The molecule has 4 N–H and O–H groups in total. The average molecular weight is 827 g/mol. The Morgan fingerprint density at radius 1 is 0.689 bits per heavy atom. The number of fused-ring (bicyclic) bond motifs is 6. The van der Waals surface area contributed by atoms with Crippen LogP contribution in [0.2, 0.25) is 0 Å². The molecule has 0 spiro atoms. The van der Waals surface area contributed by atoms with E-state index in [-0.39, 0.29) is 23.3 Å². The van der Waals surface area contributed by atoms with Gasteiger partial charge < -0.3 is 16.4 Å². The van der Waals surface area contributed by atoms with E-state index in [1.807, 2.05) is 66.4 Å². The number of anilines is 3. The molecule has 9 aromatic rings. The molecule has 0 saturated carbocycles. The summed E-state index contributed by atoms with van der Waals surface area (Å²) >= 11 is 0. The summed E-state index contributed by atoms with van der Waals surface area (Å²) in [6, 6.07) is 21.2. The lowest BCUT2D eigenvalue weighted by atomic mass is 10.1. The van der Waals surface area contributed by atoms with Crippen molar-refractivity contribution in [1.82, 2.24) is 62.8 Å². The zero-order valence-electron chi connectivity index (χ0n) is 33.0. The quantitative estimate of drug-likeness (QED) is 0.216. The molecule has 61 heavy (non-hydrogen) atoms. The normalized spacial score (nSPS) is 13.4. The second kappa shape index (κ2) is 15.8. The van der Waals surface area contributed by atoms with E-state index < -0.39 is 11.6 Å². The zero-order valence-corrected chi connectivity index (χ0v) is 33.0. The van der Waals surface area contributed by atoms with Crippen LogP contribution in [-0.2, 0) is 19.6 Å². The first kappa shape index (κ1) is 38.8. The third-order valence-corrected chi connectivity index (χ3v) is 10.7. The minimum atomic E-state index is -0.578. The van der Waals surface area contributed by atoms with Crippen molar-refractivity contribution in [1.29, 1.82) is 0 Å². The Balaban J connectivity index is 0.000000176. The van der Waals surface area contributed by atoms with Gasteiger partial charge in [0.1, 0.15) is 11.6 Å². The molecule has 3 aromatic carbocycles. The monoisotopic (exact) mass is 826 g/mol. The fourth-order valence-electron chi connectivity index (χ4n) is 7.60. The Bertz CT molecular complexity index is 3210. The highest BCUT2D eigenvalue weighted by molar-refractivity contribution is 5.91. The van der Waals surface area contributed by atoms with E-state index in [0.29, 0.717) is 78.3 Å². The number of rotatable bonds is 9. The van der Waals surface area contributed by atoms with Crippen LogP contribution < -0.4 is 27.7 Å². The molecule has 18 nitrogen and oxygen atoms in total. The van der Waals surface area contributed by atoms with Crippen LogP contribution in [0.4, 0.5) is 26.4 Å². The number of halogens is 2. The first-order valence-corrected chi connectivity index (χ1v) is 19.4. The van der Waals surface area contributed by atoms with Crippen LogP contribution in [0.3, 0.4) is 0 Å². The molecule has 0 aliphatic carbocycles. The third-order valence-electron chi connectivity index (χ3n) is 10.7. The highest BCUT2D eigenvalue weighted by Gasteiger charge is 2.22. The third kappa shape index (κ3) is 7.32. The SMILES string of the molecule is C=Cn1ncc2c1nc(N)n1c(=O)n(Cc3ccccc3)nc21.Cc1cccc(Cn2nc3c4cnn(CCN5CCN(c6ccc(F)cc6F)CC5)c4nc(N)n3c2=O)c1. The molecule has 20 heteroatoms. The Morgan fingerprint density at radius 2 is 1.31 bits per heavy atom. The number of nitrogens with two attached hydrogens (primary N) is 2. The van der Waals surface area contributed by atoms with E-state index >= 15 is 0 Å². The predicted molar refractivity (Wildman–Crippen MR) is 227 cm³/mol. The van der Waals surface area contributed by atoms with Crippen molar-refractivity contribution in [3.8, 4) is 0 Å². The molecular formula is C41H40F2N16O2. The molecule has 1 fully saturated rings. The van der Waals surface area contributed by atoms with E-state index in [2.05, 4.69) is 41.8 Å². The van der Waals surface area contributed by atoms with Crippen molar-refractivity contribution in [3.05, 3.63) is 141 Å². The van der Waals surface area contributed by atoms with E-state index in [0.717, 1.165) is 35.8 Å². The van der Waals surface area contributed by atoms with Crippen molar-refractivity contribution in [3.63, 3.8) is 0 Å². The smallest absolute Gasteiger partial charge is 0.353 e. The molecule has 0 atom stereocenters. The minimum Gasteiger partial charge on any atom is -0.369 e. The van der Waals surface area contributed by atoms with E-state index in [1.165, 1.54) is 41.2 Å². The Hall–Kier alpha value is -7.74. The maximum absolute atomic E-state index is 14.2. The second-order valence-electron chi connectivity index (χ2n) is 14.7. The molecule has 6 aromatic heterocycles. The van der Waals surface area contributed by atoms with Gasteiger partial charge in [-0.2, -0.15) is 20.2 Å². The zero-order chi connectivity index (χ0) is 42.4. The van der Waals surface area contributed by atoms with Gasteiger partial charge in [-0.3, -0.25) is 4.90 Å². The molecule has 0 bridgehead atoms. The lowest BCUT2D eigenvalue weighted by molar-refractivity contribution is 0.245. The van der Waals surface area contributed by atoms with E-state index in [4.69, 9.17) is 11.5 Å². The first-order valence-electron chi connectivity index (χ1n) is 19.4. The van der Waals surface area contributed by atoms with Gasteiger partial charge in [-0.25, -0.2) is 45.9 Å². The van der Waals surface area contributed by atoms with Crippen LogP contribution >= 0.6 is 0 Å². The van der Waals surface area contributed by atoms with Gasteiger partial charge in [0.05, 0.1) is 48.5 Å². The second-order valence-corrected chi connectivity index (χ2v) is 14.7. The van der Waals surface area contributed by atoms with E-state index in [1.54, 1.807) is 17.1 Å². The molecule has 1 aliphatic heterocycles. The number of nitrogens with zero attached hydrogens (tertiary/aromatic N) is 14. The highest BCUT2D eigenvalue weighted by atomic mass is 19.1. The summed E-state index contributed by atoms with van der Waals surface area (Å²) in [6.07, 6.45) is 4.78. The molecule has 1 aliphatic rings. The number of hydrogen-bond acceptors (Lipinski definition) is 12. The number of aryl methyl sites for hydroxylation is 1. The van der Waals surface area contributed by atoms with Gasteiger partial charge in [-0.05, 0) is 30.2 Å². The van der Waals surface area contributed by atoms with Crippen LogP contribution in [0.25, 0.3) is 39.6 Å². The largest absolute Gasteiger partial charge is 0.369 e. The number of hydrogen-bond donors (Lipinski definition) is 2. The van der Waals surface area contributed by atoms with Crippen LogP contribution in [0, 0.1) is 18.6 Å². The summed E-state index contributed by atoms with van der Waals surface area (Å²) in [4.78, 5) is 38.5. The summed E-state index contributed by atoms with van der Waals surface area (Å²) in [5, 5.41) is 18.9. The lowest BCUT2D eigenvalue weighted by Crippen LogP contribution is -2.47. The van der Waals surface area contributed by atoms with Crippen molar-refractivity contribution >= 4 is 57.1 Å². The molecule has 0 unspecified atom stereocenters. The van der Waals surface area contributed by atoms with Gasteiger partial charge in [0.2, 0.25) is 11.9 Å². The molecule has 310 valence electrons. The molecular weight excluding hydrogens is 787 g/mol. The molecule has 7 heterocycles. The summed E-state index contributed by atoms with van der Waals surface area (Å²) in [6.45, 7) is 10.3. The summed E-state index contributed by atoms with van der Waals surface area (Å²) in [7, 11) is 0. The number of aromatic nitrogens is 12. The average Bonchev–Trinajstić information content (AvgIpc) is 4.02. The van der Waals surface area contributed by atoms with Crippen LogP contribution in [0.1, 0.15) is 16.7 Å². The van der Waals surface area contributed by atoms with Gasteiger partial charge in [-0.1, -0.05) is 66.7 Å². The summed E-state index contributed by atoms with van der Waals surface area (Å²) in [5.41, 5.74) is 16.9. The maximum Gasteiger partial charge on any atom is 0.353 e.